The van der Waals surface area contributed by atoms with Gasteiger partial charge in [0.05, 0.1) is 23.9 Å². The van der Waals surface area contributed by atoms with Crippen molar-refractivity contribution in [1.29, 1.82) is 5.26 Å². The third kappa shape index (κ3) is 3.95. The second-order valence-electron chi connectivity index (χ2n) is 6.13. The lowest BCUT2D eigenvalue weighted by Crippen LogP contribution is -2.46. The second kappa shape index (κ2) is 7.60. The lowest BCUT2D eigenvalue weighted by molar-refractivity contribution is 0.248. The zero-order valence-electron chi connectivity index (χ0n) is 13.8. The van der Waals surface area contributed by atoms with Crippen molar-refractivity contribution in [2.45, 2.75) is 13.2 Å². The fourth-order valence-electron chi connectivity index (χ4n) is 3.06. The third-order valence-electron chi connectivity index (χ3n) is 4.48. The molecule has 0 amide bonds. The van der Waals surface area contributed by atoms with E-state index in [1.807, 2.05) is 17.0 Å². The highest BCUT2D eigenvalue weighted by Gasteiger charge is 2.20. The van der Waals surface area contributed by atoms with E-state index in [0.717, 1.165) is 18.7 Å². The number of rotatable bonds is 4. The van der Waals surface area contributed by atoms with E-state index in [2.05, 4.69) is 4.90 Å². The van der Waals surface area contributed by atoms with Gasteiger partial charge in [-0.1, -0.05) is 12.1 Å². The molecule has 0 unspecified atom stereocenters. The van der Waals surface area contributed by atoms with Crippen LogP contribution in [0, 0.1) is 23.0 Å². The molecule has 1 fully saturated rings. The number of piperazine rings is 1. The Kier molecular flexibility index (Phi) is 5.27. The van der Waals surface area contributed by atoms with Crippen LogP contribution in [0.2, 0.25) is 0 Å². The summed E-state index contributed by atoms with van der Waals surface area (Å²) in [5.41, 5.74) is 1.97. The van der Waals surface area contributed by atoms with E-state index in [1.165, 1.54) is 12.1 Å². The molecular weight excluding hydrogens is 324 g/mol. The Hall–Kier alpha value is -2.49. The fraction of sp³-hybridized carbons (Fsp3) is 0.316. The maximum atomic E-state index is 14.1. The molecule has 6 heteroatoms. The molecule has 2 aromatic carbocycles. The van der Waals surface area contributed by atoms with Gasteiger partial charge in [0.15, 0.2) is 0 Å². The Morgan fingerprint density at radius 2 is 1.76 bits per heavy atom. The van der Waals surface area contributed by atoms with Crippen LogP contribution in [0.3, 0.4) is 0 Å². The molecule has 2 aromatic rings. The largest absolute Gasteiger partial charge is 0.392 e. The second-order valence-corrected chi connectivity index (χ2v) is 6.13. The van der Waals surface area contributed by atoms with Gasteiger partial charge in [-0.05, 0) is 29.8 Å². The summed E-state index contributed by atoms with van der Waals surface area (Å²) in [5.74, 6) is -0.771. The quantitative estimate of drug-likeness (QED) is 0.927. The van der Waals surface area contributed by atoms with Gasteiger partial charge in [-0.15, -0.1) is 0 Å². The predicted molar refractivity (Wildman–Crippen MR) is 90.9 cm³/mol. The lowest BCUT2D eigenvalue weighted by atomic mass is 10.1. The number of hydrogen-bond donors (Lipinski definition) is 1. The minimum absolute atomic E-state index is 0.296. The number of anilines is 1. The Balaban J connectivity index is 1.60. The molecule has 1 heterocycles. The molecule has 0 bridgehead atoms. The maximum absolute atomic E-state index is 14.1. The molecule has 0 aromatic heterocycles. The van der Waals surface area contributed by atoms with Crippen molar-refractivity contribution < 1.29 is 13.9 Å². The van der Waals surface area contributed by atoms with Crippen molar-refractivity contribution in [1.82, 2.24) is 4.90 Å². The molecule has 0 radical (unpaired) electrons. The van der Waals surface area contributed by atoms with Crippen LogP contribution < -0.4 is 4.90 Å². The van der Waals surface area contributed by atoms with Gasteiger partial charge in [-0.25, -0.2) is 8.78 Å². The van der Waals surface area contributed by atoms with Gasteiger partial charge in [-0.3, -0.25) is 4.90 Å². The van der Waals surface area contributed by atoms with Gasteiger partial charge < -0.3 is 10.0 Å². The summed E-state index contributed by atoms with van der Waals surface area (Å²) < 4.78 is 27.9. The van der Waals surface area contributed by atoms with E-state index in [9.17, 15) is 8.78 Å². The van der Waals surface area contributed by atoms with Crippen LogP contribution in [0.25, 0.3) is 0 Å². The van der Waals surface area contributed by atoms with Crippen molar-refractivity contribution in [3.8, 4) is 6.07 Å². The number of aliphatic hydroxyl groups is 1. The standard InChI is InChI=1S/C19H19F2N3O/c20-17-10-15(1-3-16(17)13-25)12-23-5-7-24(8-6-23)19-4-2-14(11-22)9-18(19)21/h1-4,9-10,25H,5-8,12-13H2. The van der Waals surface area contributed by atoms with Crippen molar-refractivity contribution in [2.24, 2.45) is 0 Å². The molecule has 0 spiro atoms. The molecule has 1 N–H and O–H groups in total. The molecule has 1 saturated heterocycles. The molecule has 130 valence electrons. The third-order valence-corrected chi connectivity index (χ3v) is 4.48. The molecule has 0 aliphatic carbocycles. The molecule has 1 aliphatic heterocycles. The number of benzene rings is 2. The molecule has 1 aliphatic rings. The SMILES string of the molecule is N#Cc1ccc(N2CCN(Cc3ccc(CO)c(F)c3)CC2)c(F)c1. The zero-order valence-corrected chi connectivity index (χ0v) is 13.8. The highest BCUT2D eigenvalue weighted by Crippen LogP contribution is 2.22. The maximum Gasteiger partial charge on any atom is 0.147 e. The Bertz CT molecular complexity index is 796. The van der Waals surface area contributed by atoms with Crippen LogP contribution in [-0.4, -0.2) is 36.2 Å². The van der Waals surface area contributed by atoms with E-state index >= 15 is 0 Å². The summed E-state index contributed by atoms with van der Waals surface area (Å²) in [5, 5.41) is 17.8. The number of nitrogens with zero attached hydrogens (tertiary/aromatic N) is 3. The first kappa shape index (κ1) is 17.3. The summed E-state index contributed by atoms with van der Waals surface area (Å²) in [6.07, 6.45) is 0. The van der Waals surface area contributed by atoms with Crippen LogP contribution in [-0.2, 0) is 13.2 Å². The molecule has 25 heavy (non-hydrogen) atoms. The van der Waals surface area contributed by atoms with Crippen molar-refractivity contribution in [3.63, 3.8) is 0 Å². The average molecular weight is 343 g/mol. The van der Waals surface area contributed by atoms with E-state index < -0.39 is 5.82 Å². The summed E-state index contributed by atoms with van der Waals surface area (Å²) in [6, 6.07) is 11.3. The fourth-order valence-corrected chi connectivity index (χ4v) is 3.06. The van der Waals surface area contributed by atoms with E-state index in [1.54, 1.807) is 18.2 Å². The Morgan fingerprint density at radius 3 is 2.36 bits per heavy atom. The normalized spacial score (nSPS) is 15.2. The van der Waals surface area contributed by atoms with Crippen LogP contribution in [0.1, 0.15) is 16.7 Å². The monoisotopic (exact) mass is 343 g/mol. The Labute approximate surface area is 145 Å². The summed E-state index contributed by atoms with van der Waals surface area (Å²) in [7, 11) is 0. The minimum atomic E-state index is -0.390. The van der Waals surface area contributed by atoms with Gasteiger partial charge >= 0.3 is 0 Å². The van der Waals surface area contributed by atoms with Crippen LogP contribution in [0.4, 0.5) is 14.5 Å². The first-order valence-electron chi connectivity index (χ1n) is 8.16. The topological polar surface area (TPSA) is 50.5 Å². The zero-order chi connectivity index (χ0) is 17.8. The molecule has 0 saturated carbocycles. The van der Waals surface area contributed by atoms with Crippen molar-refractivity contribution in [3.05, 3.63) is 64.7 Å². The molecule has 0 atom stereocenters. The minimum Gasteiger partial charge on any atom is -0.392 e. The van der Waals surface area contributed by atoms with Gasteiger partial charge in [0.25, 0.3) is 0 Å². The highest BCUT2D eigenvalue weighted by atomic mass is 19.1. The van der Waals surface area contributed by atoms with Crippen LogP contribution >= 0.6 is 0 Å². The van der Waals surface area contributed by atoms with Gasteiger partial charge in [-0.2, -0.15) is 5.26 Å². The number of hydrogen-bond acceptors (Lipinski definition) is 4. The molecule has 3 rings (SSSR count). The summed E-state index contributed by atoms with van der Waals surface area (Å²) in [4.78, 5) is 4.15. The van der Waals surface area contributed by atoms with Gasteiger partial charge in [0, 0.05) is 38.3 Å². The van der Waals surface area contributed by atoms with Crippen LogP contribution in [0.15, 0.2) is 36.4 Å². The van der Waals surface area contributed by atoms with E-state index in [4.69, 9.17) is 10.4 Å². The predicted octanol–water partition coefficient (Wildman–Crippen LogP) is 2.65. The summed E-state index contributed by atoms with van der Waals surface area (Å²) in [6.45, 7) is 3.12. The van der Waals surface area contributed by atoms with E-state index in [0.29, 0.717) is 36.4 Å². The smallest absolute Gasteiger partial charge is 0.147 e. The first-order valence-corrected chi connectivity index (χ1v) is 8.16. The number of halogens is 2. The van der Waals surface area contributed by atoms with E-state index in [-0.39, 0.29) is 12.4 Å². The van der Waals surface area contributed by atoms with Gasteiger partial charge in [0.2, 0.25) is 0 Å². The molecule has 4 nitrogen and oxygen atoms in total. The first-order chi connectivity index (χ1) is 12.1. The number of aliphatic hydroxyl groups excluding tert-OH is 1. The van der Waals surface area contributed by atoms with Crippen molar-refractivity contribution >= 4 is 5.69 Å². The molecular formula is C19H19F2N3O. The number of nitriles is 1. The van der Waals surface area contributed by atoms with Gasteiger partial charge in [0.1, 0.15) is 11.6 Å². The summed E-state index contributed by atoms with van der Waals surface area (Å²) >= 11 is 0. The Morgan fingerprint density at radius 1 is 1.00 bits per heavy atom. The highest BCUT2D eigenvalue weighted by molar-refractivity contribution is 5.51. The van der Waals surface area contributed by atoms with Crippen molar-refractivity contribution in [2.75, 3.05) is 31.1 Å². The van der Waals surface area contributed by atoms with Crippen LogP contribution in [0.5, 0.6) is 0 Å². The average Bonchev–Trinajstić information content (AvgIpc) is 2.62. The lowest BCUT2D eigenvalue weighted by Gasteiger charge is -2.36.